The molecule has 2 N–H and O–H groups in total. The van der Waals surface area contributed by atoms with Crippen LogP contribution in [0.15, 0.2) is 48.2 Å². The van der Waals surface area contributed by atoms with Crippen molar-refractivity contribution in [3.05, 3.63) is 48.2 Å². The zero-order valence-corrected chi connectivity index (χ0v) is 7.22. The highest BCUT2D eigenvalue weighted by molar-refractivity contribution is 5.39. The normalized spacial score (nSPS) is 12.9. The Balaban J connectivity index is 4.57. The third-order valence-electron chi connectivity index (χ3n) is 1.36. The van der Waals surface area contributed by atoms with E-state index in [1.54, 1.807) is 6.08 Å². The van der Waals surface area contributed by atoms with Crippen molar-refractivity contribution < 1.29 is 0 Å². The van der Waals surface area contributed by atoms with Crippen LogP contribution in [-0.2, 0) is 0 Å². The second-order valence-electron chi connectivity index (χ2n) is 2.37. The van der Waals surface area contributed by atoms with Crippen LogP contribution in [0.1, 0.15) is 13.8 Å². The van der Waals surface area contributed by atoms with Gasteiger partial charge in [0.1, 0.15) is 0 Å². The van der Waals surface area contributed by atoms with Gasteiger partial charge in [-0.05, 0) is 31.6 Å². The number of hydrogen-bond acceptors (Lipinski definition) is 1. The molecular weight excluding hydrogens is 134 g/mol. The minimum absolute atomic E-state index is 0.668. The van der Waals surface area contributed by atoms with Crippen LogP contribution in [0.3, 0.4) is 0 Å². The van der Waals surface area contributed by atoms with E-state index < -0.39 is 0 Å². The molecule has 0 aliphatic carbocycles. The van der Waals surface area contributed by atoms with Gasteiger partial charge in [0.25, 0.3) is 0 Å². The number of nitrogens with two attached hydrogens (primary N) is 1. The fraction of sp³-hybridized carbons (Fsp3) is 0.200. The molecule has 0 aromatic carbocycles. The van der Waals surface area contributed by atoms with E-state index >= 15 is 0 Å². The lowest BCUT2D eigenvalue weighted by Crippen LogP contribution is -1.93. The summed E-state index contributed by atoms with van der Waals surface area (Å²) in [6, 6.07) is 0. The van der Waals surface area contributed by atoms with Gasteiger partial charge in [-0.2, -0.15) is 0 Å². The van der Waals surface area contributed by atoms with E-state index in [-0.39, 0.29) is 0 Å². The fourth-order valence-corrected chi connectivity index (χ4v) is 0.691. The Morgan fingerprint density at radius 2 is 2.00 bits per heavy atom. The molecule has 0 spiro atoms. The summed E-state index contributed by atoms with van der Waals surface area (Å²) in [5.41, 5.74) is 8.29. The van der Waals surface area contributed by atoms with Crippen LogP contribution in [0.2, 0.25) is 0 Å². The van der Waals surface area contributed by atoms with Gasteiger partial charge in [-0.1, -0.05) is 24.8 Å². The second-order valence-corrected chi connectivity index (χ2v) is 2.37. The van der Waals surface area contributed by atoms with Gasteiger partial charge in [-0.3, -0.25) is 0 Å². The lowest BCUT2D eigenvalue weighted by Gasteiger charge is -1.99. The monoisotopic (exact) mass is 149 g/mol. The minimum atomic E-state index is 0.668. The smallest absolute Gasteiger partial charge is 0.0314 e. The summed E-state index contributed by atoms with van der Waals surface area (Å²) in [7, 11) is 0. The van der Waals surface area contributed by atoms with E-state index in [2.05, 4.69) is 13.2 Å². The molecule has 60 valence electrons. The van der Waals surface area contributed by atoms with Crippen molar-refractivity contribution in [3.63, 3.8) is 0 Å². The quantitative estimate of drug-likeness (QED) is 0.613. The van der Waals surface area contributed by atoms with Crippen LogP contribution < -0.4 is 5.73 Å². The maximum atomic E-state index is 5.55. The highest BCUT2D eigenvalue weighted by Crippen LogP contribution is 2.09. The second kappa shape index (κ2) is 4.56. The molecule has 0 aromatic heterocycles. The SMILES string of the molecule is C=C/C(N)=C\C(=C/C)C(=C)C. The molecule has 0 heterocycles. The largest absolute Gasteiger partial charge is 0.399 e. The molecule has 0 atom stereocenters. The molecule has 0 unspecified atom stereocenters. The Morgan fingerprint density at radius 1 is 1.45 bits per heavy atom. The van der Waals surface area contributed by atoms with E-state index in [4.69, 9.17) is 5.73 Å². The van der Waals surface area contributed by atoms with Crippen molar-refractivity contribution in [3.8, 4) is 0 Å². The van der Waals surface area contributed by atoms with Crippen LogP contribution >= 0.6 is 0 Å². The zero-order chi connectivity index (χ0) is 8.85. The Hall–Kier alpha value is -1.24. The lowest BCUT2D eigenvalue weighted by atomic mass is 10.1. The molecule has 0 aliphatic rings. The topological polar surface area (TPSA) is 26.0 Å². The van der Waals surface area contributed by atoms with Crippen molar-refractivity contribution in [2.45, 2.75) is 13.8 Å². The van der Waals surface area contributed by atoms with E-state index in [1.807, 2.05) is 26.0 Å². The van der Waals surface area contributed by atoms with Crippen molar-refractivity contribution in [2.24, 2.45) is 5.73 Å². The van der Waals surface area contributed by atoms with Gasteiger partial charge >= 0.3 is 0 Å². The third kappa shape index (κ3) is 3.46. The molecule has 0 aliphatic heterocycles. The number of rotatable bonds is 3. The van der Waals surface area contributed by atoms with E-state index in [0.717, 1.165) is 11.1 Å². The van der Waals surface area contributed by atoms with Crippen LogP contribution in [0.4, 0.5) is 0 Å². The van der Waals surface area contributed by atoms with Crippen molar-refractivity contribution in [1.29, 1.82) is 0 Å². The Kier molecular flexibility index (Phi) is 4.04. The van der Waals surface area contributed by atoms with Crippen LogP contribution in [0, 0.1) is 0 Å². The molecule has 0 saturated heterocycles. The van der Waals surface area contributed by atoms with Crippen molar-refractivity contribution in [2.75, 3.05) is 0 Å². The van der Waals surface area contributed by atoms with Gasteiger partial charge in [-0.15, -0.1) is 0 Å². The predicted molar refractivity (Wildman–Crippen MR) is 51.0 cm³/mol. The van der Waals surface area contributed by atoms with Crippen LogP contribution in [-0.4, -0.2) is 0 Å². The van der Waals surface area contributed by atoms with Gasteiger partial charge in [0.2, 0.25) is 0 Å². The summed E-state index contributed by atoms with van der Waals surface area (Å²) in [6.45, 7) is 11.3. The molecular formula is C10H15N. The predicted octanol–water partition coefficient (Wildman–Crippen LogP) is 2.54. The Bertz CT molecular complexity index is 219. The number of hydrogen-bond donors (Lipinski definition) is 1. The Morgan fingerprint density at radius 3 is 2.27 bits per heavy atom. The van der Waals surface area contributed by atoms with Crippen molar-refractivity contribution in [1.82, 2.24) is 0 Å². The molecule has 11 heavy (non-hydrogen) atoms. The summed E-state index contributed by atoms with van der Waals surface area (Å²) < 4.78 is 0. The van der Waals surface area contributed by atoms with Crippen molar-refractivity contribution >= 4 is 0 Å². The first-order valence-electron chi connectivity index (χ1n) is 3.53. The maximum absolute atomic E-state index is 5.55. The molecule has 0 radical (unpaired) electrons. The summed E-state index contributed by atoms with van der Waals surface area (Å²) >= 11 is 0. The summed E-state index contributed by atoms with van der Waals surface area (Å²) in [4.78, 5) is 0. The van der Waals surface area contributed by atoms with Gasteiger partial charge in [0.05, 0.1) is 0 Å². The highest BCUT2D eigenvalue weighted by Gasteiger charge is 1.91. The van der Waals surface area contributed by atoms with E-state index in [9.17, 15) is 0 Å². The summed E-state index contributed by atoms with van der Waals surface area (Å²) in [6.07, 6.45) is 5.44. The maximum Gasteiger partial charge on any atom is 0.0314 e. The molecule has 0 saturated carbocycles. The van der Waals surface area contributed by atoms with E-state index in [1.165, 1.54) is 0 Å². The van der Waals surface area contributed by atoms with Crippen LogP contribution in [0.25, 0.3) is 0 Å². The average molecular weight is 149 g/mol. The van der Waals surface area contributed by atoms with Gasteiger partial charge < -0.3 is 5.73 Å². The Labute approximate surface area is 68.6 Å². The first-order valence-corrected chi connectivity index (χ1v) is 3.53. The van der Waals surface area contributed by atoms with Gasteiger partial charge in [0, 0.05) is 5.70 Å². The molecule has 0 rings (SSSR count). The summed E-state index contributed by atoms with van der Waals surface area (Å²) in [5, 5.41) is 0. The molecule has 0 amide bonds. The summed E-state index contributed by atoms with van der Waals surface area (Å²) in [5.74, 6) is 0. The average Bonchev–Trinajstić information content (AvgIpc) is 1.99. The van der Waals surface area contributed by atoms with E-state index in [0.29, 0.717) is 5.70 Å². The fourth-order valence-electron chi connectivity index (χ4n) is 0.691. The molecule has 0 fully saturated rings. The van der Waals surface area contributed by atoms with Crippen LogP contribution in [0.5, 0.6) is 0 Å². The standard InChI is InChI=1S/C10H15N/c1-5-9(8(3)4)7-10(11)6-2/h5-7H,2-3,11H2,1,4H3/b9-5+,10-7+. The lowest BCUT2D eigenvalue weighted by molar-refractivity contribution is 1.36. The third-order valence-corrected chi connectivity index (χ3v) is 1.36. The molecule has 1 heteroatoms. The van der Waals surface area contributed by atoms with Gasteiger partial charge in [-0.25, -0.2) is 0 Å². The molecule has 0 bridgehead atoms. The molecule has 0 aromatic rings. The first-order chi connectivity index (χ1) is 5.11. The highest BCUT2D eigenvalue weighted by atomic mass is 14.5. The molecule has 1 nitrogen and oxygen atoms in total. The minimum Gasteiger partial charge on any atom is -0.399 e. The number of allylic oxidation sites excluding steroid dienone is 5. The van der Waals surface area contributed by atoms with Gasteiger partial charge in [0.15, 0.2) is 0 Å². The first kappa shape index (κ1) is 9.76. The zero-order valence-electron chi connectivity index (χ0n) is 7.22.